The van der Waals surface area contributed by atoms with E-state index < -0.39 is 5.82 Å². The van der Waals surface area contributed by atoms with Gasteiger partial charge in [-0.15, -0.1) is 0 Å². The van der Waals surface area contributed by atoms with E-state index in [0.29, 0.717) is 37.6 Å². The van der Waals surface area contributed by atoms with Crippen molar-refractivity contribution in [1.82, 2.24) is 19.3 Å². The van der Waals surface area contributed by atoms with Gasteiger partial charge in [0.25, 0.3) is 0 Å². The van der Waals surface area contributed by atoms with Crippen molar-refractivity contribution in [3.05, 3.63) is 60.7 Å². The van der Waals surface area contributed by atoms with Gasteiger partial charge in [0.05, 0.1) is 43.4 Å². The number of hydrogen-bond donors (Lipinski definition) is 1. The summed E-state index contributed by atoms with van der Waals surface area (Å²) < 4.78 is 28.6. The molecule has 1 N–H and O–H groups in total. The Bertz CT molecular complexity index is 972. The highest BCUT2D eigenvalue weighted by Crippen LogP contribution is 2.35. The van der Waals surface area contributed by atoms with Gasteiger partial charge in [-0.25, -0.2) is 9.37 Å². The van der Waals surface area contributed by atoms with Gasteiger partial charge in [-0.1, -0.05) is 0 Å². The van der Waals surface area contributed by atoms with Gasteiger partial charge in [-0.3, -0.25) is 9.48 Å². The topological polar surface area (TPSA) is 83.2 Å². The van der Waals surface area contributed by atoms with Crippen molar-refractivity contribution in [2.75, 3.05) is 25.6 Å². The summed E-state index contributed by atoms with van der Waals surface area (Å²) in [6, 6.07) is 4.58. The van der Waals surface area contributed by atoms with Crippen molar-refractivity contribution in [2.24, 2.45) is 5.92 Å². The minimum atomic E-state index is -0.445. The van der Waals surface area contributed by atoms with Crippen LogP contribution in [0.15, 0.2) is 49.3 Å². The van der Waals surface area contributed by atoms with E-state index in [-0.39, 0.29) is 17.9 Å². The van der Waals surface area contributed by atoms with E-state index in [1.165, 1.54) is 12.4 Å². The first kappa shape index (κ1) is 19.3. The van der Waals surface area contributed by atoms with Crippen molar-refractivity contribution in [3.8, 4) is 5.69 Å². The van der Waals surface area contributed by atoms with E-state index in [1.807, 2.05) is 6.20 Å². The number of hydrogen-bond acceptors (Lipinski definition) is 5. The Morgan fingerprint density at radius 3 is 3.10 bits per heavy atom. The molecule has 1 fully saturated rings. The fraction of sp³-hybridized carbons (Fsp3) is 0.350. The Morgan fingerprint density at radius 2 is 2.34 bits per heavy atom. The lowest BCUT2D eigenvalue weighted by molar-refractivity contribution is -0.121. The number of nitrogens with zero attached hydrogens (tertiary/aromatic N) is 4. The number of anilines is 1. The highest BCUT2D eigenvalue weighted by atomic mass is 19.1. The Balaban J connectivity index is 1.45. The fourth-order valence-electron chi connectivity index (χ4n) is 3.45. The number of carbonyl (C=O) groups excluding carboxylic acids is 1. The molecule has 0 aliphatic carbocycles. The molecule has 2 atom stereocenters. The predicted molar refractivity (Wildman–Crippen MR) is 103 cm³/mol. The normalized spacial score (nSPS) is 18.8. The molecule has 0 bridgehead atoms. The van der Waals surface area contributed by atoms with Gasteiger partial charge >= 0.3 is 0 Å². The molecule has 2 aromatic heterocycles. The summed E-state index contributed by atoms with van der Waals surface area (Å²) in [5, 5.41) is 7.10. The number of rotatable bonds is 7. The van der Waals surface area contributed by atoms with Crippen molar-refractivity contribution in [3.63, 3.8) is 0 Å². The van der Waals surface area contributed by atoms with Crippen LogP contribution in [0.3, 0.4) is 0 Å². The van der Waals surface area contributed by atoms with E-state index in [1.54, 1.807) is 47.1 Å². The first-order valence-corrected chi connectivity index (χ1v) is 9.37. The van der Waals surface area contributed by atoms with Gasteiger partial charge in [0, 0.05) is 43.6 Å². The molecular weight excluding hydrogens is 377 g/mol. The molecule has 3 heterocycles. The van der Waals surface area contributed by atoms with Crippen LogP contribution in [0.5, 0.6) is 0 Å². The lowest BCUT2D eigenvalue weighted by atomic mass is 9.96. The number of aromatic nitrogens is 4. The minimum absolute atomic E-state index is 0.202. The van der Waals surface area contributed by atoms with Crippen LogP contribution in [0, 0.1) is 11.7 Å². The number of ether oxygens (including phenoxy) is 2. The van der Waals surface area contributed by atoms with E-state index in [0.717, 1.165) is 5.56 Å². The molecule has 9 heteroatoms. The average Bonchev–Trinajstić information content (AvgIpc) is 3.47. The quantitative estimate of drug-likeness (QED) is 0.660. The molecule has 4 rings (SSSR count). The smallest absolute Gasteiger partial charge is 0.230 e. The summed E-state index contributed by atoms with van der Waals surface area (Å²) in [5.41, 5.74) is 1.62. The van der Waals surface area contributed by atoms with Crippen molar-refractivity contribution >= 4 is 11.6 Å². The summed E-state index contributed by atoms with van der Waals surface area (Å²) in [7, 11) is 1.63. The van der Waals surface area contributed by atoms with Crippen LogP contribution in [-0.4, -0.2) is 45.6 Å². The third-order valence-electron chi connectivity index (χ3n) is 4.93. The van der Waals surface area contributed by atoms with Crippen LogP contribution in [0.25, 0.3) is 5.69 Å². The molecule has 1 aliphatic heterocycles. The molecule has 1 aliphatic rings. The SMILES string of the molecule is COCCn1cc([C@H]2OCC[C@@H]2C(=O)Nc2ccc(-n3ccnc3)c(F)c2)cn1. The highest BCUT2D eigenvalue weighted by molar-refractivity contribution is 5.93. The second-order valence-corrected chi connectivity index (χ2v) is 6.84. The molecule has 0 saturated carbocycles. The van der Waals surface area contributed by atoms with E-state index in [4.69, 9.17) is 9.47 Å². The monoisotopic (exact) mass is 399 g/mol. The number of amides is 1. The van der Waals surface area contributed by atoms with Gasteiger partial charge in [0.15, 0.2) is 0 Å². The molecule has 1 amide bonds. The molecule has 152 valence electrons. The summed E-state index contributed by atoms with van der Waals surface area (Å²) in [4.78, 5) is 16.7. The van der Waals surface area contributed by atoms with Crippen LogP contribution < -0.4 is 5.32 Å². The average molecular weight is 399 g/mol. The number of carbonyl (C=O) groups is 1. The molecule has 1 aromatic carbocycles. The van der Waals surface area contributed by atoms with Gasteiger partial charge in [-0.05, 0) is 24.6 Å². The lowest BCUT2D eigenvalue weighted by Crippen LogP contribution is -2.25. The zero-order valence-electron chi connectivity index (χ0n) is 16.0. The van der Waals surface area contributed by atoms with Crippen LogP contribution >= 0.6 is 0 Å². The third kappa shape index (κ3) is 4.20. The summed E-state index contributed by atoms with van der Waals surface area (Å²) in [6.07, 6.45) is 8.55. The zero-order chi connectivity index (χ0) is 20.2. The lowest BCUT2D eigenvalue weighted by Gasteiger charge is -2.17. The minimum Gasteiger partial charge on any atom is -0.383 e. The van der Waals surface area contributed by atoms with Gasteiger partial charge in [0.1, 0.15) is 5.82 Å². The second-order valence-electron chi connectivity index (χ2n) is 6.84. The van der Waals surface area contributed by atoms with Gasteiger partial charge in [0.2, 0.25) is 5.91 Å². The molecule has 0 unspecified atom stereocenters. The summed E-state index contributed by atoms with van der Waals surface area (Å²) >= 11 is 0. The van der Waals surface area contributed by atoms with Gasteiger partial charge in [-0.2, -0.15) is 5.10 Å². The molecule has 3 aromatic rings. The summed E-state index contributed by atoms with van der Waals surface area (Å²) in [5.74, 6) is -1.02. The van der Waals surface area contributed by atoms with Crippen LogP contribution in [-0.2, 0) is 20.8 Å². The maximum Gasteiger partial charge on any atom is 0.230 e. The van der Waals surface area contributed by atoms with Crippen molar-refractivity contribution < 1.29 is 18.7 Å². The number of nitrogens with one attached hydrogen (secondary N) is 1. The second kappa shape index (κ2) is 8.54. The Hall–Kier alpha value is -3.04. The first-order valence-electron chi connectivity index (χ1n) is 9.37. The third-order valence-corrected chi connectivity index (χ3v) is 4.93. The number of benzene rings is 1. The van der Waals surface area contributed by atoms with E-state index in [2.05, 4.69) is 15.4 Å². The van der Waals surface area contributed by atoms with E-state index >= 15 is 0 Å². The van der Waals surface area contributed by atoms with E-state index in [9.17, 15) is 9.18 Å². The standard InChI is InChI=1S/C20H22FN5O3/c1-28-9-7-26-12-14(11-23-26)19-16(4-8-29-19)20(27)24-15-2-3-18(17(21)10-15)25-6-5-22-13-25/h2-3,5-6,10-13,16,19H,4,7-9H2,1H3,(H,24,27)/t16-,19+/m0/s1. The molecule has 0 radical (unpaired) electrons. The van der Waals surface area contributed by atoms with Gasteiger partial charge < -0.3 is 19.4 Å². The fourth-order valence-corrected chi connectivity index (χ4v) is 3.45. The molecule has 8 nitrogen and oxygen atoms in total. The molecule has 1 saturated heterocycles. The molecule has 29 heavy (non-hydrogen) atoms. The largest absolute Gasteiger partial charge is 0.383 e. The summed E-state index contributed by atoms with van der Waals surface area (Å²) in [6.45, 7) is 1.67. The predicted octanol–water partition coefficient (Wildman–Crippen LogP) is 2.57. The van der Waals surface area contributed by atoms with Crippen LogP contribution in [0.4, 0.5) is 10.1 Å². The molecular formula is C20H22FN5O3. The van der Waals surface area contributed by atoms with Crippen molar-refractivity contribution in [1.29, 1.82) is 0 Å². The number of methoxy groups -OCH3 is 1. The van der Waals surface area contributed by atoms with Crippen LogP contribution in [0.2, 0.25) is 0 Å². The van der Waals surface area contributed by atoms with Crippen molar-refractivity contribution in [2.45, 2.75) is 19.1 Å². The number of imidazole rings is 1. The Kier molecular flexibility index (Phi) is 5.68. The maximum atomic E-state index is 14.4. The first-order chi connectivity index (χ1) is 14.2. The highest BCUT2D eigenvalue weighted by Gasteiger charge is 2.36. The van der Waals surface area contributed by atoms with Crippen LogP contribution in [0.1, 0.15) is 18.1 Å². The molecule has 0 spiro atoms. The maximum absolute atomic E-state index is 14.4. The Morgan fingerprint density at radius 1 is 1.45 bits per heavy atom. The Labute approximate surface area is 167 Å². The number of halogens is 1. The zero-order valence-corrected chi connectivity index (χ0v) is 16.0.